The summed E-state index contributed by atoms with van der Waals surface area (Å²) in [6.45, 7) is 2.56. The number of hydrogen-bond acceptors (Lipinski definition) is 3. The summed E-state index contributed by atoms with van der Waals surface area (Å²) in [6.07, 6.45) is 0. The molecule has 1 aromatic rings. The van der Waals surface area contributed by atoms with E-state index in [1.807, 2.05) is 6.92 Å². The lowest BCUT2D eigenvalue weighted by Gasteiger charge is -2.07. The van der Waals surface area contributed by atoms with Crippen molar-refractivity contribution < 1.29 is 9.84 Å². The Kier molecular flexibility index (Phi) is 2.80. The fourth-order valence-corrected chi connectivity index (χ4v) is 0.972. The maximum atomic E-state index is 9.29. The smallest absolute Gasteiger partial charge is 0.138 e. The number of phenols is 1. The monoisotopic (exact) mass is 167 g/mol. The number of ether oxygens (including phenoxy) is 1. The van der Waals surface area contributed by atoms with E-state index in [-0.39, 0.29) is 5.75 Å². The fraction of sp³-hybridized carbons (Fsp3) is 0.333. The standard InChI is InChI=1S/C9H13NO2/c1-3-12-7-4-5-9(11)8(6-7)10-2/h4-6,10-11H,3H2,1-2H3. The van der Waals surface area contributed by atoms with Gasteiger partial charge in [0, 0.05) is 13.1 Å². The van der Waals surface area contributed by atoms with E-state index in [1.165, 1.54) is 0 Å². The summed E-state index contributed by atoms with van der Waals surface area (Å²) in [4.78, 5) is 0. The van der Waals surface area contributed by atoms with Crippen molar-refractivity contribution in [1.29, 1.82) is 0 Å². The highest BCUT2D eigenvalue weighted by Gasteiger charge is 1.99. The molecule has 0 amide bonds. The van der Waals surface area contributed by atoms with Gasteiger partial charge in [-0.1, -0.05) is 0 Å². The van der Waals surface area contributed by atoms with Crippen LogP contribution in [0.15, 0.2) is 18.2 Å². The van der Waals surface area contributed by atoms with Gasteiger partial charge >= 0.3 is 0 Å². The van der Waals surface area contributed by atoms with Crippen LogP contribution in [0.25, 0.3) is 0 Å². The van der Waals surface area contributed by atoms with Crippen LogP contribution in [0.2, 0.25) is 0 Å². The van der Waals surface area contributed by atoms with Gasteiger partial charge in [-0.05, 0) is 19.1 Å². The van der Waals surface area contributed by atoms with E-state index in [0.717, 1.165) is 5.75 Å². The number of nitrogens with one attached hydrogen (secondary N) is 1. The van der Waals surface area contributed by atoms with Gasteiger partial charge in [-0.15, -0.1) is 0 Å². The number of benzene rings is 1. The Labute approximate surface area is 72.0 Å². The highest BCUT2D eigenvalue weighted by molar-refractivity contribution is 5.58. The van der Waals surface area contributed by atoms with E-state index in [0.29, 0.717) is 12.3 Å². The van der Waals surface area contributed by atoms with Crippen molar-refractivity contribution in [3.05, 3.63) is 18.2 Å². The van der Waals surface area contributed by atoms with Crippen molar-refractivity contribution in [2.24, 2.45) is 0 Å². The molecule has 0 saturated heterocycles. The third kappa shape index (κ3) is 1.81. The predicted molar refractivity (Wildman–Crippen MR) is 48.8 cm³/mol. The van der Waals surface area contributed by atoms with Crippen LogP contribution in [-0.4, -0.2) is 18.8 Å². The normalized spacial score (nSPS) is 9.50. The number of rotatable bonds is 3. The summed E-state index contributed by atoms with van der Waals surface area (Å²) < 4.78 is 5.25. The zero-order valence-electron chi connectivity index (χ0n) is 7.29. The molecule has 12 heavy (non-hydrogen) atoms. The van der Waals surface area contributed by atoms with Gasteiger partial charge in [0.25, 0.3) is 0 Å². The first-order valence-electron chi connectivity index (χ1n) is 3.91. The topological polar surface area (TPSA) is 41.5 Å². The molecule has 0 unspecified atom stereocenters. The highest BCUT2D eigenvalue weighted by atomic mass is 16.5. The summed E-state index contributed by atoms with van der Waals surface area (Å²) in [5.41, 5.74) is 0.681. The van der Waals surface area contributed by atoms with Crippen LogP contribution in [0.5, 0.6) is 11.5 Å². The third-order valence-electron chi connectivity index (χ3n) is 1.55. The Morgan fingerprint density at radius 3 is 2.83 bits per heavy atom. The SMILES string of the molecule is CCOc1ccc(O)c(NC)c1. The van der Waals surface area contributed by atoms with Crippen LogP contribution >= 0.6 is 0 Å². The van der Waals surface area contributed by atoms with Gasteiger partial charge in [0.05, 0.1) is 12.3 Å². The zero-order valence-corrected chi connectivity index (χ0v) is 7.29. The lowest BCUT2D eigenvalue weighted by Crippen LogP contribution is -1.93. The first kappa shape index (κ1) is 8.71. The second-order valence-corrected chi connectivity index (χ2v) is 2.36. The second-order valence-electron chi connectivity index (χ2n) is 2.36. The molecule has 1 rings (SSSR count). The molecule has 0 saturated carbocycles. The maximum Gasteiger partial charge on any atom is 0.138 e. The Morgan fingerprint density at radius 1 is 1.50 bits per heavy atom. The first-order chi connectivity index (χ1) is 5.77. The molecule has 0 fully saturated rings. The molecule has 1 aromatic carbocycles. The first-order valence-corrected chi connectivity index (χ1v) is 3.91. The molecule has 0 atom stereocenters. The van der Waals surface area contributed by atoms with E-state index < -0.39 is 0 Å². The largest absolute Gasteiger partial charge is 0.506 e. The van der Waals surface area contributed by atoms with Gasteiger partial charge in [0.2, 0.25) is 0 Å². The molecule has 0 heterocycles. The minimum absolute atomic E-state index is 0.237. The van der Waals surface area contributed by atoms with Crippen LogP contribution in [0.4, 0.5) is 5.69 Å². The molecule has 0 aliphatic carbocycles. The Morgan fingerprint density at radius 2 is 2.25 bits per heavy atom. The molecule has 3 nitrogen and oxygen atoms in total. The van der Waals surface area contributed by atoms with Crippen LogP contribution in [0.3, 0.4) is 0 Å². The summed E-state index contributed by atoms with van der Waals surface area (Å²) >= 11 is 0. The third-order valence-corrected chi connectivity index (χ3v) is 1.55. The van der Waals surface area contributed by atoms with Crippen molar-refractivity contribution in [3.8, 4) is 11.5 Å². The summed E-state index contributed by atoms with van der Waals surface area (Å²) in [5.74, 6) is 1.00. The van der Waals surface area contributed by atoms with Crippen LogP contribution in [0, 0.1) is 0 Å². The van der Waals surface area contributed by atoms with Crippen LogP contribution in [0.1, 0.15) is 6.92 Å². The Bertz CT molecular complexity index is 261. The molecule has 0 aromatic heterocycles. The van der Waals surface area contributed by atoms with Gasteiger partial charge in [0.15, 0.2) is 0 Å². The summed E-state index contributed by atoms with van der Waals surface area (Å²) in [7, 11) is 1.75. The van der Waals surface area contributed by atoms with Gasteiger partial charge in [-0.25, -0.2) is 0 Å². The molecule has 0 spiro atoms. The quantitative estimate of drug-likeness (QED) is 0.675. The molecule has 0 aliphatic rings. The van der Waals surface area contributed by atoms with Crippen LogP contribution in [-0.2, 0) is 0 Å². The van der Waals surface area contributed by atoms with E-state index in [1.54, 1.807) is 25.2 Å². The van der Waals surface area contributed by atoms with E-state index in [9.17, 15) is 5.11 Å². The van der Waals surface area contributed by atoms with Gasteiger partial charge in [-0.3, -0.25) is 0 Å². The van der Waals surface area contributed by atoms with Gasteiger partial charge < -0.3 is 15.2 Å². The summed E-state index contributed by atoms with van der Waals surface area (Å²) in [6, 6.07) is 5.11. The van der Waals surface area contributed by atoms with Crippen molar-refractivity contribution in [2.75, 3.05) is 19.0 Å². The molecule has 0 aliphatic heterocycles. The Hall–Kier alpha value is -1.38. The minimum atomic E-state index is 0.237. The number of aromatic hydroxyl groups is 1. The average Bonchev–Trinajstić information content (AvgIpc) is 2.09. The molecule has 0 bridgehead atoms. The minimum Gasteiger partial charge on any atom is -0.506 e. The number of phenolic OH excluding ortho intramolecular Hbond substituents is 1. The highest BCUT2D eigenvalue weighted by Crippen LogP contribution is 2.27. The predicted octanol–water partition coefficient (Wildman–Crippen LogP) is 1.83. The van der Waals surface area contributed by atoms with E-state index in [4.69, 9.17) is 4.74 Å². The maximum absolute atomic E-state index is 9.29. The second kappa shape index (κ2) is 3.85. The van der Waals surface area contributed by atoms with Gasteiger partial charge in [-0.2, -0.15) is 0 Å². The van der Waals surface area contributed by atoms with E-state index in [2.05, 4.69) is 5.32 Å². The fourth-order valence-electron chi connectivity index (χ4n) is 0.972. The molecular weight excluding hydrogens is 154 g/mol. The van der Waals surface area contributed by atoms with Crippen molar-refractivity contribution >= 4 is 5.69 Å². The molecule has 3 heteroatoms. The number of anilines is 1. The van der Waals surface area contributed by atoms with Crippen molar-refractivity contribution in [1.82, 2.24) is 0 Å². The van der Waals surface area contributed by atoms with Crippen LogP contribution < -0.4 is 10.1 Å². The van der Waals surface area contributed by atoms with Crippen molar-refractivity contribution in [2.45, 2.75) is 6.92 Å². The van der Waals surface area contributed by atoms with Gasteiger partial charge in [0.1, 0.15) is 11.5 Å². The average molecular weight is 167 g/mol. The molecule has 0 radical (unpaired) electrons. The summed E-state index contributed by atoms with van der Waals surface area (Å²) in [5, 5.41) is 12.1. The number of hydrogen-bond donors (Lipinski definition) is 2. The van der Waals surface area contributed by atoms with E-state index >= 15 is 0 Å². The lowest BCUT2D eigenvalue weighted by atomic mass is 10.3. The molecule has 2 N–H and O–H groups in total. The van der Waals surface area contributed by atoms with Crippen molar-refractivity contribution in [3.63, 3.8) is 0 Å². The molecule has 66 valence electrons. The lowest BCUT2D eigenvalue weighted by molar-refractivity contribution is 0.339. The Balaban J connectivity index is 2.89. The molecular formula is C9H13NO2. The zero-order chi connectivity index (χ0) is 8.97.